The third-order valence-electron chi connectivity index (χ3n) is 3.40. The van der Waals surface area contributed by atoms with Crippen LogP contribution < -0.4 is 5.73 Å². The molecule has 0 saturated carbocycles. The van der Waals surface area contributed by atoms with Crippen LogP contribution in [-0.2, 0) is 11.2 Å². The maximum atomic E-state index is 10.2. The Labute approximate surface area is 103 Å². The van der Waals surface area contributed by atoms with Gasteiger partial charge in [0.25, 0.3) is 0 Å². The first-order valence-corrected chi connectivity index (χ1v) is 6.24. The molecule has 2 unspecified atom stereocenters. The molecule has 0 aliphatic carbocycles. The van der Waals surface area contributed by atoms with Gasteiger partial charge in [-0.3, -0.25) is 0 Å². The summed E-state index contributed by atoms with van der Waals surface area (Å²) in [6.07, 6.45) is 2.18. The highest BCUT2D eigenvalue weighted by Gasteiger charge is 2.29. The quantitative estimate of drug-likeness (QED) is 0.836. The highest BCUT2D eigenvalue weighted by Crippen LogP contribution is 2.34. The van der Waals surface area contributed by atoms with Gasteiger partial charge in [-0.25, -0.2) is 0 Å². The number of benzene rings is 1. The standard InChI is InChI=1S/C14H21NO2/c1-14(16,7-8-15)10-13-12-5-3-2-4-11(12)6-9-17-13/h2-5,13,16H,6-10,15H2,1H3. The molecule has 0 spiro atoms. The molecule has 1 aliphatic rings. The zero-order chi connectivity index (χ0) is 12.3. The Bertz CT molecular complexity index is 376. The molecular formula is C14H21NO2. The summed E-state index contributed by atoms with van der Waals surface area (Å²) in [6, 6.07) is 8.32. The number of hydrogen-bond acceptors (Lipinski definition) is 3. The van der Waals surface area contributed by atoms with Gasteiger partial charge in [0.1, 0.15) is 0 Å². The molecule has 3 N–H and O–H groups in total. The van der Waals surface area contributed by atoms with Crippen molar-refractivity contribution in [3.63, 3.8) is 0 Å². The van der Waals surface area contributed by atoms with E-state index in [2.05, 4.69) is 18.2 Å². The predicted octanol–water partition coefficient (Wildman–Crippen LogP) is 1.79. The van der Waals surface area contributed by atoms with Crippen molar-refractivity contribution >= 4 is 0 Å². The summed E-state index contributed by atoms with van der Waals surface area (Å²) in [5.74, 6) is 0. The lowest BCUT2D eigenvalue weighted by Gasteiger charge is -2.32. The van der Waals surface area contributed by atoms with Crippen LogP contribution in [0.5, 0.6) is 0 Å². The Balaban J connectivity index is 2.13. The van der Waals surface area contributed by atoms with Gasteiger partial charge in [-0.05, 0) is 37.4 Å². The van der Waals surface area contributed by atoms with Gasteiger partial charge >= 0.3 is 0 Å². The predicted molar refractivity (Wildman–Crippen MR) is 67.8 cm³/mol. The SMILES string of the molecule is CC(O)(CCN)CC1OCCc2ccccc21. The summed E-state index contributed by atoms with van der Waals surface area (Å²) in [6.45, 7) is 3.07. The number of nitrogens with two attached hydrogens (primary N) is 1. The Morgan fingerprint density at radius 1 is 1.47 bits per heavy atom. The summed E-state index contributed by atoms with van der Waals surface area (Å²) in [4.78, 5) is 0. The van der Waals surface area contributed by atoms with Crippen LogP contribution in [0.15, 0.2) is 24.3 Å². The van der Waals surface area contributed by atoms with Gasteiger partial charge in [0, 0.05) is 6.42 Å². The molecule has 0 radical (unpaired) electrons. The molecule has 0 saturated heterocycles. The van der Waals surface area contributed by atoms with Crippen molar-refractivity contribution in [3.05, 3.63) is 35.4 Å². The number of ether oxygens (including phenoxy) is 1. The molecule has 3 heteroatoms. The first-order chi connectivity index (χ1) is 8.12. The summed E-state index contributed by atoms with van der Waals surface area (Å²) in [5, 5.41) is 10.2. The van der Waals surface area contributed by atoms with Crippen LogP contribution in [0.25, 0.3) is 0 Å². The van der Waals surface area contributed by atoms with Gasteiger partial charge in [0.05, 0.1) is 18.3 Å². The summed E-state index contributed by atoms with van der Waals surface area (Å²) >= 11 is 0. The molecule has 2 rings (SSSR count). The molecule has 1 aromatic rings. The van der Waals surface area contributed by atoms with Gasteiger partial charge in [0.2, 0.25) is 0 Å². The van der Waals surface area contributed by atoms with E-state index in [-0.39, 0.29) is 6.10 Å². The Hall–Kier alpha value is -0.900. The molecule has 1 aliphatic heterocycles. The fraction of sp³-hybridized carbons (Fsp3) is 0.571. The van der Waals surface area contributed by atoms with Crippen LogP contribution in [-0.4, -0.2) is 23.9 Å². The molecule has 3 nitrogen and oxygen atoms in total. The zero-order valence-electron chi connectivity index (χ0n) is 10.4. The maximum Gasteiger partial charge on any atom is 0.0855 e. The van der Waals surface area contributed by atoms with Crippen LogP contribution in [0.2, 0.25) is 0 Å². The third kappa shape index (κ3) is 3.06. The lowest BCUT2D eigenvalue weighted by atomic mass is 9.88. The fourth-order valence-corrected chi connectivity index (χ4v) is 2.46. The molecule has 0 fully saturated rings. The first-order valence-electron chi connectivity index (χ1n) is 6.24. The number of hydrogen-bond donors (Lipinski definition) is 2. The molecular weight excluding hydrogens is 214 g/mol. The monoisotopic (exact) mass is 235 g/mol. The minimum atomic E-state index is -0.746. The second-order valence-corrected chi connectivity index (χ2v) is 5.05. The van der Waals surface area contributed by atoms with Crippen LogP contribution in [0, 0.1) is 0 Å². The number of rotatable bonds is 4. The maximum absolute atomic E-state index is 10.2. The van der Waals surface area contributed by atoms with E-state index in [1.165, 1.54) is 11.1 Å². The van der Waals surface area contributed by atoms with Gasteiger partial charge in [-0.2, -0.15) is 0 Å². The smallest absolute Gasteiger partial charge is 0.0855 e. The molecule has 0 bridgehead atoms. The summed E-state index contributed by atoms with van der Waals surface area (Å²) in [5.41, 5.74) is 7.33. The topological polar surface area (TPSA) is 55.5 Å². The first kappa shape index (κ1) is 12.6. The van der Waals surface area contributed by atoms with E-state index in [0.29, 0.717) is 19.4 Å². The lowest BCUT2D eigenvalue weighted by Crippen LogP contribution is -2.32. The van der Waals surface area contributed by atoms with Crippen LogP contribution in [0.4, 0.5) is 0 Å². The van der Waals surface area contributed by atoms with E-state index in [9.17, 15) is 5.11 Å². The summed E-state index contributed by atoms with van der Waals surface area (Å²) < 4.78 is 5.79. The fourth-order valence-electron chi connectivity index (χ4n) is 2.46. The number of aliphatic hydroxyl groups is 1. The molecule has 0 aromatic heterocycles. The Kier molecular flexibility index (Phi) is 3.82. The number of fused-ring (bicyclic) bond motifs is 1. The van der Waals surface area contributed by atoms with Crippen molar-refractivity contribution in [1.29, 1.82) is 0 Å². The molecule has 1 heterocycles. The van der Waals surface area contributed by atoms with E-state index in [1.807, 2.05) is 13.0 Å². The minimum absolute atomic E-state index is 0.00139. The van der Waals surface area contributed by atoms with E-state index in [0.717, 1.165) is 13.0 Å². The van der Waals surface area contributed by atoms with E-state index in [4.69, 9.17) is 10.5 Å². The molecule has 0 amide bonds. The van der Waals surface area contributed by atoms with Crippen LogP contribution >= 0.6 is 0 Å². The molecule has 1 aromatic carbocycles. The second kappa shape index (κ2) is 5.17. The van der Waals surface area contributed by atoms with E-state index < -0.39 is 5.60 Å². The van der Waals surface area contributed by atoms with Crippen molar-refractivity contribution in [3.8, 4) is 0 Å². The van der Waals surface area contributed by atoms with Crippen molar-refractivity contribution in [2.24, 2.45) is 5.73 Å². The minimum Gasteiger partial charge on any atom is -0.390 e. The van der Waals surface area contributed by atoms with Crippen molar-refractivity contribution < 1.29 is 9.84 Å². The molecule has 94 valence electrons. The van der Waals surface area contributed by atoms with Gasteiger partial charge < -0.3 is 15.6 Å². The highest BCUT2D eigenvalue weighted by atomic mass is 16.5. The second-order valence-electron chi connectivity index (χ2n) is 5.05. The van der Waals surface area contributed by atoms with Crippen molar-refractivity contribution in [2.45, 2.75) is 37.9 Å². The largest absolute Gasteiger partial charge is 0.390 e. The average molecular weight is 235 g/mol. The molecule has 17 heavy (non-hydrogen) atoms. The van der Waals surface area contributed by atoms with Crippen molar-refractivity contribution in [1.82, 2.24) is 0 Å². The molecule has 2 atom stereocenters. The normalized spacial score (nSPS) is 22.9. The van der Waals surface area contributed by atoms with Gasteiger partial charge in [-0.1, -0.05) is 24.3 Å². The van der Waals surface area contributed by atoms with Gasteiger partial charge in [-0.15, -0.1) is 0 Å². The van der Waals surface area contributed by atoms with E-state index >= 15 is 0 Å². The Morgan fingerprint density at radius 3 is 3.00 bits per heavy atom. The lowest BCUT2D eigenvalue weighted by molar-refractivity contribution is -0.0393. The van der Waals surface area contributed by atoms with E-state index in [1.54, 1.807) is 0 Å². The van der Waals surface area contributed by atoms with Crippen molar-refractivity contribution in [2.75, 3.05) is 13.2 Å². The average Bonchev–Trinajstić information content (AvgIpc) is 2.29. The highest BCUT2D eigenvalue weighted by molar-refractivity contribution is 5.31. The zero-order valence-corrected chi connectivity index (χ0v) is 10.4. The van der Waals surface area contributed by atoms with Crippen LogP contribution in [0.3, 0.4) is 0 Å². The summed E-state index contributed by atoms with van der Waals surface area (Å²) in [7, 11) is 0. The Morgan fingerprint density at radius 2 is 2.24 bits per heavy atom. The van der Waals surface area contributed by atoms with Crippen LogP contribution in [0.1, 0.15) is 37.0 Å². The van der Waals surface area contributed by atoms with Gasteiger partial charge in [0.15, 0.2) is 0 Å². The third-order valence-corrected chi connectivity index (χ3v) is 3.40.